The van der Waals surface area contributed by atoms with Crippen molar-refractivity contribution in [2.24, 2.45) is 0 Å². The van der Waals surface area contributed by atoms with E-state index >= 15 is 0 Å². The second kappa shape index (κ2) is 5.77. The van der Waals surface area contributed by atoms with E-state index in [-0.39, 0.29) is 12.1 Å². The first kappa shape index (κ1) is 14.1. The van der Waals surface area contributed by atoms with E-state index in [0.29, 0.717) is 12.8 Å². The van der Waals surface area contributed by atoms with Crippen LogP contribution in [-0.4, -0.2) is 30.6 Å². The summed E-state index contributed by atoms with van der Waals surface area (Å²) in [5.74, 6) is -5.49. The van der Waals surface area contributed by atoms with Crippen molar-refractivity contribution in [3.8, 4) is 0 Å². The normalized spacial score (nSPS) is 17.7. The highest BCUT2D eigenvalue weighted by molar-refractivity contribution is 5.48. The van der Waals surface area contributed by atoms with Crippen molar-refractivity contribution >= 4 is 5.69 Å². The van der Waals surface area contributed by atoms with E-state index in [4.69, 9.17) is 0 Å². The Morgan fingerprint density at radius 2 is 1.63 bits per heavy atom. The molecule has 0 bridgehead atoms. The van der Waals surface area contributed by atoms with Crippen LogP contribution in [0.3, 0.4) is 0 Å². The Balaban J connectivity index is 2.12. The molecule has 1 aromatic rings. The van der Waals surface area contributed by atoms with Crippen molar-refractivity contribution in [2.75, 3.05) is 25.0 Å². The zero-order chi connectivity index (χ0) is 14.0. The molecule has 0 atom stereocenters. The van der Waals surface area contributed by atoms with E-state index in [0.717, 1.165) is 19.6 Å². The molecule has 1 aliphatic rings. The summed E-state index contributed by atoms with van der Waals surface area (Å²) in [5.41, 5.74) is -0.701. The van der Waals surface area contributed by atoms with E-state index in [2.05, 4.69) is 10.2 Å². The van der Waals surface area contributed by atoms with Gasteiger partial charge < -0.3 is 10.2 Å². The van der Waals surface area contributed by atoms with E-state index in [1.807, 2.05) is 6.92 Å². The van der Waals surface area contributed by atoms with Gasteiger partial charge >= 0.3 is 0 Å². The van der Waals surface area contributed by atoms with E-state index < -0.39 is 29.0 Å². The van der Waals surface area contributed by atoms with Crippen LogP contribution in [0.25, 0.3) is 0 Å². The van der Waals surface area contributed by atoms with Crippen molar-refractivity contribution in [3.63, 3.8) is 0 Å². The molecule has 1 heterocycles. The maximum atomic E-state index is 13.5. The topological polar surface area (TPSA) is 15.3 Å². The fourth-order valence-corrected chi connectivity index (χ4v) is 2.30. The first-order chi connectivity index (χ1) is 9.02. The van der Waals surface area contributed by atoms with Crippen LogP contribution in [0.1, 0.15) is 19.8 Å². The van der Waals surface area contributed by atoms with Crippen molar-refractivity contribution in [1.82, 2.24) is 4.90 Å². The van der Waals surface area contributed by atoms with Crippen LogP contribution in [0.2, 0.25) is 0 Å². The summed E-state index contributed by atoms with van der Waals surface area (Å²) in [6, 6.07) is 0.0446. The second-order valence-corrected chi connectivity index (χ2v) is 4.70. The maximum absolute atomic E-state index is 13.5. The number of benzene rings is 1. The van der Waals surface area contributed by atoms with Gasteiger partial charge in [-0.1, -0.05) is 6.92 Å². The highest BCUT2D eigenvalue weighted by Gasteiger charge is 2.24. The van der Waals surface area contributed by atoms with Crippen molar-refractivity contribution in [3.05, 3.63) is 29.3 Å². The molecule has 0 aromatic heterocycles. The molecule has 0 aliphatic carbocycles. The molecule has 1 aliphatic heterocycles. The zero-order valence-electron chi connectivity index (χ0n) is 10.6. The highest BCUT2D eigenvalue weighted by atomic mass is 19.2. The number of nitrogens with zero attached hydrogens (tertiary/aromatic N) is 1. The monoisotopic (exact) mass is 276 g/mol. The number of nitrogens with one attached hydrogen (secondary N) is 1. The van der Waals surface area contributed by atoms with E-state index in [1.54, 1.807) is 0 Å². The number of hydrogen-bond acceptors (Lipinski definition) is 2. The molecule has 1 fully saturated rings. The van der Waals surface area contributed by atoms with Gasteiger partial charge in [-0.15, -0.1) is 0 Å². The molecule has 19 heavy (non-hydrogen) atoms. The third kappa shape index (κ3) is 3.00. The summed E-state index contributed by atoms with van der Waals surface area (Å²) in [6.07, 6.45) is 1.37. The lowest BCUT2D eigenvalue weighted by molar-refractivity contribution is 0.229. The molecule has 2 nitrogen and oxygen atoms in total. The van der Waals surface area contributed by atoms with Crippen LogP contribution in [-0.2, 0) is 0 Å². The summed E-state index contributed by atoms with van der Waals surface area (Å²) < 4.78 is 53.1. The Hall–Kier alpha value is -1.30. The Labute approximate surface area is 109 Å². The minimum absolute atomic E-state index is 0.173. The Kier molecular flexibility index (Phi) is 4.29. The van der Waals surface area contributed by atoms with Crippen LogP contribution in [0.5, 0.6) is 0 Å². The van der Waals surface area contributed by atoms with Crippen molar-refractivity contribution in [1.29, 1.82) is 0 Å². The van der Waals surface area contributed by atoms with Crippen molar-refractivity contribution < 1.29 is 17.6 Å². The quantitative estimate of drug-likeness (QED) is 0.674. The number of anilines is 1. The molecular weight excluding hydrogens is 260 g/mol. The van der Waals surface area contributed by atoms with Gasteiger partial charge in [0.1, 0.15) is 5.69 Å². The minimum atomic E-state index is -1.38. The number of piperidine rings is 1. The maximum Gasteiger partial charge on any atom is 0.185 e. The summed E-state index contributed by atoms with van der Waals surface area (Å²) in [5, 5.41) is 2.59. The molecule has 0 unspecified atom stereocenters. The Morgan fingerprint density at radius 1 is 1.11 bits per heavy atom. The molecule has 106 valence electrons. The lowest BCUT2D eigenvalue weighted by Crippen LogP contribution is -2.39. The molecule has 0 saturated carbocycles. The van der Waals surface area contributed by atoms with Gasteiger partial charge in [-0.3, -0.25) is 0 Å². The van der Waals surface area contributed by atoms with Gasteiger partial charge in [-0.2, -0.15) is 0 Å². The third-order valence-electron chi connectivity index (χ3n) is 3.50. The molecule has 0 amide bonds. The van der Waals surface area contributed by atoms with Gasteiger partial charge in [0, 0.05) is 25.2 Å². The largest absolute Gasteiger partial charge is 0.377 e. The zero-order valence-corrected chi connectivity index (χ0v) is 10.6. The summed E-state index contributed by atoms with van der Waals surface area (Å²) in [4.78, 5) is 2.21. The van der Waals surface area contributed by atoms with Crippen LogP contribution in [0.4, 0.5) is 23.2 Å². The molecule has 1 N–H and O–H groups in total. The minimum Gasteiger partial charge on any atom is -0.377 e. The predicted octanol–water partition coefficient (Wildman–Crippen LogP) is 3.14. The molecule has 6 heteroatoms. The van der Waals surface area contributed by atoms with Gasteiger partial charge in [-0.25, -0.2) is 17.6 Å². The number of rotatable bonds is 3. The van der Waals surface area contributed by atoms with Crippen molar-refractivity contribution in [2.45, 2.75) is 25.8 Å². The first-order valence-electron chi connectivity index (χ1n) is 6.34. The SMILES string of the molecule is CCN1CCC(Nc2c(F)c(F)cc(F)c2F)CC1. The van der Waals surface area contributed by atoms with Crippen LogP contribution < -0.4 is 5.32 Å². The van der Waals surface area contributed by atoms with Gasteiger partial charge in [0.15, 0.2) is 23.3 Å². The second-order valence-electron chi connectivity index (χ2n) is 4.70. The van der Waals surface area contributed by atoms with Crippen LogP contribution in [0.15, 0.2) is 6.07 Å². The van der Waals surface area contributed by atoms with Crippen LogP contribution >= 0.6 is 0 Å². The average Bonchev–Trinajstić information content (AvgIpc) is 2.42. The third-order valence-corrected chi connectivity index (χ3v) is 3.50. The lowest BCUT2D eigenvalue weighted by Gasteiger charge is -2.32. The van der Waals surface area contributed by atoms with Gasteiger partial charge in [0.25, 0.3) is 0 Å². The number of hydrogen-bond donors (Lipinski definition) is 1. The smallest absolute Gasteiger partial charge is 0.185 e. The number of halogens is 4. The summed E-state index contributed by atoms with van der Waals surface area (Å²) in [6.45, 7) is 4.56. The van der Waals surface area contributed by atoms with E-state index in [9.17, 15) is 17.6 Å². The standard InChI is InChI=1S/C13H16F4N2/c1-2-19-5-3-8(4-6-19)18-13-11(16)9(14)7-10(15)12(13)17/h7-8,18H,2-6H2,1H3. The molecule has 1 saturated heterocycles. The van der Waals surface area contributed by atoms with E-state index in [1.165, 1.54) is 0 Å². The molecular formula is C13H16F4N2. The van der Waals surface area contributed by atoms with Crippen LogP contribution in [0, 0.1) is 23.3 Å². The molecule has 0 spiro atoms. The summed E-state index contributed by atoms with van der Waals surface area (Å²) >= 11 is 0. The van der Waals surface area contributed by atoms with Gasteiger partial charge in [0.05, 0.1) is 0 Å². The Bertz CT molecular complexity index is 430. The summed E-state index contributed by atoms with van der Waals surface area (Å²) in [7, 11) is 0. The fourth-order valence-electron chi connectivity index (χ4n) is 2.30. The highest BCUT2D eigenvalue weighted by Crippen LogP contribution is 2.26. The molecule has 2 rings (SSSR count). The first-order valence-corrected chi connectivity index (χ1v) is 6.34. The molecule has 0 radical (unpaired) electrons. The van der Waals surface area contributed by atoms with Gasteiger partial charge in [-0.05, 0) is 19.4 Å². The number of likely N-dealkylation sites (tertiary alicyclic amines) is 1. The fraction of sp³-hybridized carbons (Fsp3) is 0.538. The predicted molar refractivity (Wildman–Crippen MR) is 65.0 cm³/mol. The Morgan fingerprint density at radius 3 is 2.11 bits per heavy atom. The van der Waals surface area contributed by atoms with Gasteiger partial charge in [0.2, 0.25) is 0 Å². The average molecular weight is 276 g/mol. The molecule has 1 aromatic carbocycles. The lowest BCUT2D eigenvalue weighted by atomic mass is 10.0.